The van der Waals surface area contributed by atoms with Crippen LogP contribution in [0, 0.1) is 0 Å². The third-order valence-corrected chi connectivity index (χ3v) is 2.44. The summed E-state index contributed by atoms with van der Waals surface area (Å²) >= 11 is 0. The van der Waals surface area contributed by atoms with Crippen molar-refractivity contribution in [1.82, 2.24) is 10.4 Å². The number of nitrogens with zero attached hydrogens (tertiary/aromatic N) is 1. The molecule has 1 aliphatic heterocycles. The van der Waals surface area contributed by atoms with E-state index in [0.717, 1.165) is 0 Å². The molecule has 0 atom stereocenters. The summed E-state index contributed by atoms with van der Waals surface area (Å²) in [5, 5.41) is 20.3. The minimum atomic E-state index is -0.363. The Morgan fingerprint density at radius 1 is 1.18 bits per heavy atom. The number of carbonyl (C=O) groups excluding carboxylic acids is 1. The van der Waals surface area contributed by atoms with Gasteiger partial charge in [0.15, 0.2) is 0 Å². The number of hydrazine groups is 1. The third kappa shape index (κ3) is 3.08. The Balaban J connectivity index is 2.03. The monoisotopic (exact) mass is 238 g/mol. The number of hydrogen-bond donors (Lipinski definition) is 3. The van der Waals surface area contributed by atoms with Crippen LogP contribution in [0.4, 0.5) is 0 Å². The van der Waals surface area contributed by atoms with E-state index in [1.165, 1.54) is 18.2 Å². The van der Waals surface area contributed by atoms with Crippen LogP contribution in [-0.2, 0) is 4.74 Å². The Kier molecular flexibility index (Phi) is 3.46. The first kappa shape index (κ1) is 11.7. The largest absolute Gasteiger partial charge is 0.508 e. The van der Waals surface area contributed by atoms with Crippen LogP contribution in [0.5, 0.6) is 11.5 Å². The van der Waals surface area contributed by atoms with Gasteiger partial charge < -0.3 is 14.9 Å². The highest BCUT2D eigenvalue weighted by molar-refractivity contribution is 5.94. The Labute approximate surface area is 98.4 Å². The molecule has 0 radical (unpaired) electrons. The molecule has 2 rings (SSSR count). The van der Waals surface area contributed by atoms with Gasteiger partial charge in [-0.05, 0) is 12.1 Å². The van der Waals surface area contributed by atoms with Crippen LogP contribution in [0.25, 0.3) is 0 Å². The molecule has 0 bridgehead atoms. The lowest BCUT2D eigenvalue weighted by atomic mass is 10.2. The maximum Gasteiger partial charge on any atom is 0.265 e. The summed E-state index contributed by atoms with van der Waals surface area (Å²) in [6.45, 7) is 2.39. The van der Waals surface area contributed by atoms with Crippen molar-refractivity contribution in [3.05, 3.63) is 23.8 Å². The average Bonchev–Trinajstić information content (AvgIpc) is 2.29. The first-order chi connectivity index (χ1) is 8.15. The summed E-state index contributed by atoms with van der Waals surface area (Å²) in [6.07, 6.45) is 0. The molecule has 0 aliphatic carbocycles. The molecule has 1 saturated heterocycles. The normalized spacial score (nSPS) is 16.7. The molecule has 0 unspecified atom stereocenters. The van der Waals surface area contributed by atoms with Crippen molar-refractivity contribution in [2.45, 2.75) is 0 Å². The summed E-state index contributed by atoms with van der Waals surface area (Å²) in [7, 11) is 0. The second-order valence-electron chi connectivity index (χ2n) is 3.78. The minimum Gasteiger partial charge on any atom is -0.508 e. The van der Waals surface area contributed by atoms with Crippen molar-refractivity contribution in [1.29, 1.82) is 0 Å². The first-order valence-electron chi connectivity index (χ1n) is 5.32. The molecule has 17 heavy (non-hydrogen) atoms. The topological polar surface area (TPSA) is 82.0 Å². The molecule has 3 N–H and O–H groups in total. The summed E-state index contributed by atoms with van der Waals surface area (Å²) in [4.78, 5) is 11.8. The number of phenols is 2. The van der Waals surface area contributed by atoms with Gasteiger partial charge in [-0.3, -0.25) is 10.2 Å². The fourth-order valence-corrected chi connectivity index (χ4v) is 1.61. The van der Waals surface area contributed by atoms with Gasteiger partial charge in [0.2, 0.25) is 0 Å². The van der Waals surface area contributed by atoms with Crippen LogP contribution in [0.2, 0.25) is 0 Å². The Hall–Kier alpha value is -1.79. The van der Waals surface area contributed by atoms with Gasteiger partial charge in [0.1, 0.15) is 11.5 Å². The number of benzene rings is 1. The van der Waals surface area contributed by atoms with Gasteiger partial charge in [0.05, 0.1) is 13.2 Å². The fraction of sp³-hybridized carbons (Fsp3) is 0.364. The lowest BCUT2D eigenvalue weighted by Crippen LogP contribution is -2.48. The van der Waals surface area contributed by atoms with E-state index in [4.69, 9.17) is 4.74 Å². The molecular formula is C11H14N2O4. The molecule has 1 fully saturated rings. The second kappa shape index (κ2) is 5.03. The molecule has 1 aromatic rings. The van der Waals surface area contributed by atoms with E-state index in [0.29, 0.717) is 26.3 Å². The number of amides is 1. The standard InChI is InChI=1S/C11H14N2O4/c14-9-5-8(6-10(15)7-9)11(16)12-13-1-3-17-4-2-13/h5-7,14-15H,1-4H2,(H,12,16). The zero-order valence-electron chi connectivity index (χ0n) is 9.22. The van der Waals surface area contributed by atoms with E-state index in [1.807, 2.05) is 0 Å². The second-order valence-corrected chi connectivity index (χ2v) is 3.78. The zero-order chi connectivity index (χ0) is 12.3. The third-order valence-electron chi connectivity index (χ3n) is 2.44. The average molecular weight is 238 g/mol. The van der Waals surface area contributed by atoms with E-state index in [1.54, 1.807) is 5.01 Å². The van der Waals surface area contributed by atoms with Crippen LogP contribution in [0.1, 0.15) is 10.4 Å². The lowest BCUT2D eigenvalue weighted by molar-refractivity contribution is 0.0126. The summed E-state index contributed by atoms with van der Waals surface area (Å²) < 4.78 is 5.15. The maximum absolute atomic E-state index is 11.8. The quantitative estimate of drug-likeness (QED) is 0.679. The van der Waals surface area contributed by atoms with E-state index < -0.39 is 0 Å². The summed E-state index contributed by atoms with van der Waals surface area (Å²) in [5.41, 5.74) is 2.90. The van der Waals surface area contributed by atoms with E-state index >= 15 is 0 Å². The molecule has 0 aromatic heterocycles. The van der Waals surface area contributed by atoms with Crippen molar-refractivity contribution in [2.24, 2.45) is 0 Å². The van der Waals surface area contributed by atoms with Crippen LogP contribution >= 0.6 is 0 Å². The molecule has 6 heteroatoms. The predicted molar refractivity (Wildman–Crippen MR) is 59.6 cm³/mol. The maximum atomic E-state index is 11.8. The molecule has 1 heterocycles. The Bertz CT molecular complexity index is 396. The van der Waals surface area contributed by atoms with Gasteiger partial charge in [-0.15, -0.1) is 0 Å². The van der Waals surface area contributed by atoms with Crippen LogP contribution in [0.3, 0.4) is 0 Å². The molecule has 6 nitrogen and oxygen atoms in total. The predicted octanol–water partition coefficient (Wildman–Crippen LogP) is 0.0748. The number of ether oxygens (including phenoxy) is 1. The van der Waals surface area contributed by atoms with Crippen LogP contribution in [-0.4, -0.2) is 47.4 Å². The van der Waals surface area contributed by atoms with Crippen molar-refractivity contribution in [2.75, 3.05) is 26.3 Å². The van der Waals surface area contributed by atoms with Gasteiger partial charge in [-0.2, -0.15) is 0 Å². The smallest absolute Gasteiger partial charge is 0.265 e. The number of rotatable bonds is 2. The van der Waals surface area contributed by atoms with Crippen molar-refractivity contribution >= 4 is 5.91 Å². The number of carbonyl (C=O) groups is 1. The Morgan fingerprint density at radius 2 is 1.76 bits per heavy atom. The van der Waals surface area contributed by atoms with Gasteiger partial charge in [0.25, 0.3) is 5.91 Å². The highest BCUT2D eigenvalue weighted by atomic mass is 16.5. The van der Waals surface area contributed by atoms with Gasteiger partial charge in [0, 0.05) is 24.7 Å². The highest BCUT2D eigenvalue weighted by Crippen LogP contribution is 2.20. The van der Waals surface area contributed by atoms with Crippen molar-refractivity contribution in [3.63, 3.8) is 0 Å². The summed E-state index contributed by atoms with van der Waals surface area (Å²) in [5.74, 6) is -0.646. The number of morpholine rings is 1. The van der Waals surface area contributed by atoms with Gasteiger partial charge in [-0.1, -0.05) is 0 Å². The molecular weight excluding hydrogens is 224 g/mol. The molecule has 1 aromatic carbocycles. The fourth-order valence-electron chi connectivity index (χ4n) is 1.61. The Morgan fingerprint density at radius 3 is 2.35 bits per heavy atom. The SMILES string of the molecule is O=C(NN1CCOCC1)c1cc(O)cc(O)c1. The number of nitrogens with one attached hydrogen (secondary N) is 1. The van der Waals surface area contributed by atoms with Crippen molar-refractivity contribution < 1.29 is 19.7 Å². The number of hydrogen-bond acceptors (Lipinski definition) is 5. The van der Waals surface area contributed by atoms with Crippen molar-refractivity contribution in [3.8, 4) is 11.5 Å². The molecule has 1 amide bonds. The minimum absolute atomic E-state index is 0.142. The lowest BCUT2D eigenvalue weighted by Gasteiger charge is -2.26. The molecule has 1 aliphatic rings. The zero-order valence-corrected chi connectivity index (χ0v) is 9.22. The first-order valence-corrected chi connectivity index (χ1v) is 5.32. The van der Waals surface area contributed by atoms with Gasteiger partial charge in [-0.25, -0.2) is 5.01 Å². The van der Waals surface area contributed by atoms with E-state index in [-0.39, 0.29) is 23.0 Å². The molecule has 92 valence electrons. The van der Waals surface area contributed by atoms with Gasteiger partial charge >= 0.3 is 0 Å². The summed E-state index contributed by atoms with van der Waals surface area (Å²) in [6, 6.07) is 3.77. The highest BCUT2D eigenvalue weighted by Gasteiger charge is 2.15. The van der Waals surface area contributed by atoms with E-state index in [9.17, 15) is 15.0 Å². The van der Waals surface area contributed by atoms with E-state index in [2.05, 4.69) is 5.43 Å². The van der Waals surface area contributed by atoms with Crippen LogP contribution in [0.15, 0.2) is 18.2 Å². The number of aromatic hydroxyl groups is 2. The molecule has 0 spiro atoms. The van der Waals surface area contributed by atoms with Crippen LogP contribution < -0.4 is 5.43 Å². The number of phenolic OH excluding ortho intramolecular Hbond substituents is 2. The molecule has 0 saturated carbocycles.